The monoisotopic (exact) mass is 315 g/mol. The Hall–Kier alpha value is -0.610. The molecular formula is C14H19BrFNO. The molecule has 0 aromatic heterocycles. The highest BCUT2D eigenvalue weighted by atomic mass is 79.9. The molecule has 1 aliphatic carbocycles. The van der Waals surface area contributed by atoms with Gasteiger partial charge in [-0.15, -0.1) is 0 Å². The van der Waals surface area contributed by atoms with Crippen molar-refractivity contribution in [3.8, 4) is 0 Å². The van der Waals surface area contributed by atoms with E-state index in [2.05, 4.69) is 20.8 Å². The minimum atomic E-state index is -0.188. The van der Waals surface area contributed by atoms with Crippen molar-refractivity contribution in [3.05, 3.63) is 29.6 Å². The minimum Gasteiger partial charge on any atom is -0.379 e. The Labute approximate surface area is 116 Å². The Bertz CT molecular complexity index is 395. The first-order valence-electron chi connectivity index (χ1n) is 6.34. The Kier molecular flexibility index (Phi) is 5.01. The molecule has 1 saturated carbocycles. The van der Waals surface area contributed by atoms with Gasteiger partial charge in [0.05, 0.1) is 6.61 Å². The topological polar surface area (TPSA) is 12.5 Å². The fraction of sp³-hybridized carbons (Fsp3) is 0.571. The average Bonchev–Trinajstić information content (AvgIpc) is 3.18. The average molecular weight is 316 g/mol. The normalized spacial score (nSPS) is 14.8. The van der Waals surface area contributed by atoms with E-state index in [1.54, 1.807) is 6.07 Å². The summed E-state index contributed by atoms with van der Waals surface area (Å²) < 4.78 is 18.8. The van der Waals surface area contributed by atoms with Crippen LogP contribution in [-0.4, -0.2) is 26.8 Å². The Balaban J connectivity index is 1.84. The van der Waals surface area contributed by atoms with Crippen molar-refractivity contribution < 1.29 is 9.13 Å². The fourth-order valence-corrected chi connectivity index (χ4v) is 2.34. The van der Waals surface area contributed by atoms with Crippen molar-refractivity contribution in [3.63, 3.8) is 0 Å². The molecule has 100 valence electrons. The molecule has 2 rings (SSSR count). The lowest BCUT2D eigenvalue weighted by atomic mass is 10.2. The molecule has 0 unspecified atom stereocenters. The Morgan fingerprint density at radius 3 is 2.89 bits per heavy atom. The summed E-state index contributed by atoms with van der Waals surface area (Å²) in [7, 11) is 2.01. The third-order valence-corrected chi connectivity index (χ3v) is 3.82. The quantitative estimate of drug-likeness (QED) is 0.563. The van der Waals surface area contributed by atoms with E-state index in [1.165, 1.54) is 18.9 Å². The van der Waals surface area contributed by atoms with Crippen LogP contribution in [0.2, 0.25) is 0 Å². The Morgan fingerprint density at radius 2 is 2.22 bits per heavy atom. The third kappa shape index (κ3) is 3.95. The van der Waals surface area contributed by atoms with Gasteiger partial charge in [-0.25, -0.2) is 4.39 Å². The summed E-state index contributed by atoms with van der Waals surface area (Å²) in [4.78, 5) is 2.11. The third-order valence-electron chi connectivity index (χ3n) is 3.22. The van der Waals surface area contributed by atoms with E-state index in [0.29, 0.717) is 5.33 Å². The molecule has 4 heteroatoms. The van der Waals surface area contributed by atoms with Gasteiger partial charge in [-0.1, -0.05) is 15.9 Å². The molecule has 0 radical (unpaired) electrons. The first kappa shape index (κ1) is 13.8. The molecule has 0 bridgehead atoms. The summed E-state index contributed by atoms with van der Waals surface area (Å²) in [5.74, 6) is 0.616. The van der Waals surface area contributed by atoms with E-state index < -0.39 is 0 Å². The van der Waals surface area contributed by atoms with E-state index in [4.69, 9.17) is 4.74 Å². The van der Waals surface area contributed by atoms with Crippen LogP contribution in [-0.2, 0) is 10.1 Å². The van der Waals surface area contributed by atoms with Crippen molar-refractivity contribution in [2.75, 3.05) is 31.7 Å². The number of anilines is 1. The smallest absolute Gasteiger partial charge is 0.123 e. The van der Waals surface area contributed by atoms with E-state index >= 15 is 0 Å². The number of rotatable bonds is 7. The molecule has 0 amide bonds. The predicted molar refractivity (Wildman–Crippen MR) is 75.8 cm³/mol. The number of halogens is 2. The second-order valence-corrected chi connectivity index (χ2v) is 5.41. The van der Waals surface area contributed by atoms with E-state index in [0.717, 1.165) is 36.9 Å². The standard InChI is InChI=1S/C14H19BrFNO/c1-17(6-7-18-10-11-2-3-11)14-5-4-13(16)8-12(14)9-15/h4-5,8,11H,2-3,6-7,9-10H2,1H3. The van der Waals surface area contributed by atoms with Crippen molar-refractivity contribution in [2.24, 2.45) is 5.92 Å². The van der Waals surface area contributed by atoms with Gasteiger partial charge in [0.2, 0.25) is 0 Å². The number of hydrogen-bond donors (Lipinski definition) is 0. The molecule has 0 saturated heterocycles. The maximum atomic E-state index is 13.1. The predicted octanol–water partition coefficient (Wildman–Crippen LogP) is 3.58. The van der Waals surface area contributed by atoms with Gasteiger partial charge in [0.1, 0.15) is 5.82 Å². The SMILES string of the molecule is CN(CCOCC1CC1)c1ccc(F)cc1CBr. The summed E-state index contributed by atoms with van der Waals surface area (Å²) in [5.41, 5.74) is 2.03. The van der Waals surface area contributed by atoms with Gasteiger partial charge in [0.25, 0.3) is 0 Å². The zero-order valence-corrected chi connectivity index (χ0v) is 12.2. The summed E-state index contributed by atoms with van der Waals surface area (Å²) in [6.07, 6.45) is 2.64. The molecule has 0 N–H and O–H groups in total. The van der Waals surface area contributed by atoms with Crippen LogP contribution in [0, 0.1) is 11.7 Å². The molecule has 1 aliphatic rings. The maximum absolute atomic E-state index is 13.1. The first-order valence-corrected chi connectivity index (χ1v) is 7.46. The van der Waals surface area contributed by atoms with E-state index in [-0.39, 0.29) is 5.82 Å². The maximum Gasteiger partial charge on any atom is 0.123 e. The highest BCUT2D eigenvalue weighted by molar-refractivity contribution is 9.08. The van der Waals surface area contributed by atoms with Crippen molar-refractivity contribution in [1.29, 1.82) is 0 Å². The highest BCUT2D eigenvalue weighted by Crippen LogP contribution is 2.28. The van der Waals surface area contributed by atoms with Crippen LogP contribution in [0.1, 0.15) is 18.4 Å². The second-order valence-electron chi connectivity index (χ2n) is 4.85. The molecule has 0 heterocycles. The van der Waals surface area contributed by atoms with Crippen LogP contribution < -0.4 is 4.90 Å². The molecule has 2 nitrogen and oxygen atoms in total. The number of alkyl halides is 1. The van der Waals surface area contributed by atoms with Crippen LogP contribution >= 0.6 is 15.9 Å². The second kappa shape index (κ2) is 6.53. The van der Waals surface area contributed by atoms with Gasteiger partial charge in [-0.3, -0.25) is 0 Å². The number of nitrogens with zero attached hydrogens (tertiary/aromatic N) is 1. The number of benzene rings is 1. The fourth-order valence-electron chi connectivity index (χ4n) is 1.89. The highest BCUT2D eigenvalue weighted by Gasteiger charge is 2.21. The zero-order chi connectivity index (χ0) is 13.0. The van der Waals surface area contributed by atoms with E-state index in [1.807, 2.05) is 13.1 Å². The zero-order valence-electron chi connectivity index (χ0n) is 10.7. The van der Waals surface area contributed by atoms with Gasteiger partial charge in [-0.2, -0.15) is 0 Å². The number of ether oxygens (including phenoxy) is 1. The summed E-state index contributed by atoms with van der Waals surface area (Å²) in [5, 5.41) is 0.660. The van der Waals surface area contributed by atoms with Crippen LogP contribution in [0.4, 0.5) is 10.1 Å². The van der Waals surface area contributed by atoms with Crippen molar-refractivity contribution in [1.82, 2.24) is 0 Å². The van der Waals surface area contributed by atoms with Gasteiger partial charge in [0.15, 0.2) is 0 Å². The molecule has 1 aromatic carbocycles. The largest absolute Gasteiger partial charge is 0.379 e. The molecule has 1 fully saturated rings. The first-order chi connectivity index (χ1) is 8.70. The van der Waals surface area contributed by atoms with Crippen LogP contribution in [0.5, 0.6) is 0 Å². The lowest BCUT2D eigenvalue weighted by molar-refractivity contribution is 0.131. The molecule has 18 heavy (non-hydrogen) atoms. The summed E-state index contributed by atoms with van der Waals surface area (Å²) >= 11 is 3.40. The van der Waals surface area contributed by atoms with Crippen molar-refractivity contribution in [2.45, 2.75) is 18.2 Å². The van der Waals surface area contributed by atoms with Crippen molar-refractivity contribution >= 4 is 21.6 Å². The molecule has 0 aliphatic heterocycles. The molecule has 0 atom stereocenters. The van der Waals surface area contributed by atoms with E-state index in [9.17, 15) is 4.39 Å². The Morgan fingerprint density at radius 1 is 1.44 bits per heavy atom. The van der Waals surface area contributed by atoms with Gasteiger partial charge < -0.3 is 9.64 Å². The van der Waals surface area contributed by atoms with Crippen LogP contribution in [0.15, 0.2) is 18.2 Å². The molecular weight excluding hydrogens is 297 g/mol. The minimum absolute atomic E-state index is 0.188. The van der Waals surface area contributed by atoms with Crippen LogP contribution in [0.3, 0.4) is 0 Å². The summed E-state index contributed by atoms with van der Waals surface area (Å²) in [6, 6.07) is 4.90. The number of likely N-dealkylation sites (N-methyl/N-ethyl adjacent to an activating group) is 1. The lowest BCUT2D eigenvalue weighted by Gasteiger charge is -2.22. The summed E-state index contributed by atoms with van der Waals surface area (Å²) in [6.45, 7) is 2.45. The lowest BCUT2D eigenvalue weighted by Crippen LogP contribution is -2.24. The number of hydrogen-bond acceptors (Lipinski definition) is 2. The van der Waals surface area contributed by atoms with Crippen LogP contribution in [0.25, 0.3) is 0 Å². The molecule has 1 aromatic rings. The van der Waals surface area contributed by atoms with Gasteiger partial charge >= 0.3 is 0 Å². The van der Waals surface area contributed by atoms with Gasteiger partial charge in [-0.05, 0) is 42.5 Å². The van der Waals surface area contributed by atoms with Gasteiger partial charge in [0, 0.05) is 31.2 Å². The molecule has 0 spiro atoms.